The lowest BCUT2D eigenvalue weighted by molar-refractivity contribution is 0.476. The second-order valence-electron chi connectivity index (χ2n) is 2.87. The fourth-order valence-corrected chi connectivity index (χ4v) is 1.28. The highest BCUT2D eigenvalue weighted by Gasteiger charge is 1.99. The topological polar surface area (TPSA) is 22.1 Å². The van der Waals surface area contributed by atoms with Crippen LogP contribution in [0.15, 0.2) is 42.6 Å². The standard InChI is InChI=1S/C11H7ClFNO/c12-11-7-10(4-5-14-11)15-9-3-1-2-8(13)6-9/h1-7H. The van der Waals surface area contributed by atoms with E-state index in [0.29, 0.717) is 16.7 Å². The molecule has 0 aliphatic carbocycles. The van der Waals surface area contributed by atoms with Crippen molar-refractivity contribution in [1.29, 1.82) is 0 Å². The Morgan fingerprint density at radius 1 is 1.13 bits per heavy atom. The fourth-order valence-electron chi connectivity index (χ4n) is 1.11. The van der Waals surface area contributed by atoms with E-state index in [1.54, 1.807) is 24.3 Å². The summed E-state index contributed by atoms with van der Waals surface area (Å²) in [6.45, 7) is 0. The van der Waals surface area contributed by atoms with Crippen LogP contribution in [-0.4, -0.2) is 4.98 Å². The van der Waals surface area contributed by atoms with E-state index >= 15 is 0 Å². The number of hydrogen-bond donors (Lipinski definition) is 0. The van der Waals surface area contributed by atoms with Crippen LogP contribution in [0.5, 0.6) is 11.5 Å². The third-order valence-corrected chi connectivity index (χ3v) is 1.94. The highest BCUT2D eigenvalue weighted by Crippen LogP contribution is 2.22. The minimum atomic E-state index is -0.340. The predicted octanol–water partition coefficient (Wildman–Crippen LogP) is 3.67. The maximum Gasteiger partial charge on any atom is 0.132 e. The molecule has 0 N–H and O–H groups in total. The maximum absolute atomic E-state index is 12.8. The minimum absolute atomic E-state index is 0.337. The average Bonchev–Trinajstić information content (AvgIpc) is 2.17. The van der Waals surface area contributed by atoms with Gasteiger partial charge in [-0.2, -0.15) is 0 Å². The van der Waals surface area contributed by atoms with E-state index in [2.05, 4.69) is 4.98 Å². The number of aromatic nitrogens is 1. The minimum Gasteiger partial charge on any atom is -0.457 e. The maximum atomic E-state index is 12.8. The van der Waals surface area contributed by atoms with Crippen LogP contribution in [0, 0.1) is 5.82 Å². The van der Waals surface area contributed by atoms with E-state index < -0.39 is 0 Å². The quantitative estimate of drug-likeness (QED) is 0.725. The van der Waals surface area contributed by atoms with Crippen molar-refractivity contribution >= 4 is 11.6 Å². The lowest BCUT2D eigenvalue weighted by Crippen LogP contribution is -1.85. The van der Waals surface area contributed by atoms with Gasteiger partial charge in [-0.25, -0.2) is 9.37 Å². The molecule has 0 fully saturated rings. The molecule has 0 bridgehead atoms. The Balaban J connectivity index is 2.22. The number of benzene rings is 1. The molecule has 0 spiro atoms. The SMILES string of the molecule is Fc1cccc(Oc2ccnc(Cl)c2)c1. The first-order valence-corrected chi connectivity index (χ1v) is 4.67. The highest BCUT2D eigenvalue weighted by atomic mass is 35.5. The van der Waals surface area contributed by atoms with Crippen molar-refractivity contribution in [2.75, 3.05) is 0 Å². The zero-order valence-corrected chi connectivity index (χ0v) is 8.41. The summed E-state index contributed by atoms with van der Waals surface area (Å²) >= 11 is 5.68. The summed E-state index contributed by atoms with van der Waals surface area (Å²) < 4.78 is 18.2. The first-order chi connectivity index (χ1) is 7.24. The van der Waals surface area contributed by atoms with Gasteiger partial charge in [0.1, 0.15) is 22.5 Å². The summed E-state index contributed by atoms with van der Waals surface area (Å²) in [7, 11) is 0. The zero-order chi connectivity index (χ0) is 10.7. The Hall–Kier alpha value is -1.61. The molecule has 4 heteroatoms. The molecule has 0 aliphatic rings. The second-order valence-corrected chi connectivity index (χ2v) is 3.26. The van der Waals surface area contributed by atoms with Crippen LogP contribution in [0.25, 0.3) is 0 Å². The number of hydrogen-bond acceptors (Lipinski definition) is 2. The smallest absolute Gasteiger partial charge is 0.132 e. The predicted molar refractivity (Wildman–Crippen MR) is 55.7 cm³/mol. The summed E-state index contributed by atoms with van der Waals surface area (Å²) in [5.41, 5.74) is 0. The van der Waals surface area contributed by atoms with Gasteiger partial charge in [0.25, 0.3) is 0 Å². The molecule has 0 amide bonds. The normalized spacial score (nSPS) is 10.0. The molecule has 0 unspecified atom stereocenters. The molecule has 0 atom stereocenters. The van der Waals surface area contributed by atoms with Crippen molar-refractivity contribution in [3.8, 4) is 11.5 Å². The van der Waals surface area contributed by atoms with Gasteiger partial charge in [-0.15, -0.1) is 0 Å². The van der Waals surface area contributed by atoms with Crippen molar-refractivity contribution in [1.82, 2.24) is 4.98 Å². The van der Waals surface area contributed by atoms with Gasteiger partial charge >= 0.3 is 0 Å². The summed E-state index contributed by atoms with van der Waals surface area (Å²) in [4.78, 5) is 3.81. The lowest BCUT2D eigenvalue weighted by Gasteiger charge is -2.04. The molecule has 1 aromatic heterocycles. The molecule has 2 rings (SSSR count). The number of pyridine rings is 1. The first-order valence-electron chi connectivity index (χ1n) is 4.29. The van der Waals surface area contributed by atoms with Crippen LogP contribution in [0.3, 0.4) is 0 Å². The van der Waals surface area contributed by atoms with Crippen molar-refractivity contribution in [3.05, 3.63) is 53.6 Å². The Bertz CT molecular complexity index is 432. The highest BCUT2D eigenvalue weighted by molar-refractivity contribution is 6.29. The average molecular weight is 224 g/mol. The van der Waals surface area contributed by atoms with E-state index in [-0.39, 0.29) is 5.82 Å². The Kier molecular flexibility index (Phi) is 2.83. The molecule has 1 aromatic carbocycles. The lowest BCUT2D eigenvalue weighted by atomic mass is 10.3. The Labute approximate surface area is 91.3 Å². The van der Waals surface area contributed by atoms with E-state index in [0.717, 1.165) is 0 Å². The number of ether oxygens (including phenoxy) is 1. The fraction of sp³-hybridized carbons (Fsp3) is 0. The van der Waals surface area contributed by atoms with Crippen molar-refractivity contribution in [3.63, 3.8) is 0 Å². The number of halogens is 2. The molecular weight excluding hydrogens is 217 g/mol. The van der Waals surface area contributed by atoms with Crippen LogP contribution < -0.4 is 4.74 Å². The molecule has 0 saturated carbocycles. The summed E-state index contributed by atoms with van der Waals surface area (Å²) in [5, 5.41) is 0.337. The van der Waals surface area contributed by atoms with Crippen LogP contribution in [-0.2, 0) is 0 Å². The summed E-state index contributed by atoms with van der Waals surface area (Å²) in [6, 6.07) is 9.11. The van der Waals surface area contributed by atoms with Crippen LogP contribution in [0.1, 0.15) is 0 Å². The van der Waals surface area contributed by atoms with Crippen molar-refractivity contribution in [2.45, 2.75) is 0 Å². The molecule has 2 nitrogen and oxygen atoms in total. The third kappa shape index (κ3) is 2.67. The van der Waals surface area contributed by atoms with Gasteiger partial charge in [0.2, 0.25) is 0 Å². The summed E-state index contributed by atoms with van der Waals surface area (Å²) in [5.74, 6) is 0.616. The molecular formula is C11H7ClFNO. The molecule has 0 aliphatic heterocycles. The summed E-state index contributed by atoms with van der Waals surface area (Å²) in [6.07, 6.45) is 1.52. The molecule has 2 aromatic rings. The molecule has 0 radical (unpaired) electrons. The van der Waals surface area contributed by atoms with E-state index in [4.69, 9.17) is 16.3 Å². The number of nitrogens with zero attached hydrogens (tertiary/aromatic N) is 1. The van der Waals surface area contributed by atoms with E-state index in [1.807, 2.05) is 0 Å². The monoisotopic (exact) mass is 223 g/mol. The second kappa shape index (κ2) is 4.28. The van der Waals surface area contributed by atoms with Gasteiger partial charge in [-0.3, -0.25) is 0 Å². The van der Waals surface area contributed by atoms with Crippen LogP contribution >= 0.6 is 11.6 Å². The Morgan fingerprint density at radius 2 is 1.93 bits per heavy atom. The third-order valence-electron chi connectivity index (χ3n) is 1.73. The molecule has 76 valence electrons. The van der Waals surface area contributed by atoms with Crippen LogP contribution in [0.4, 0.5) is 4.39 Å². The van der Waals surface area contributed by atoms with Crippen molar-refractivity contribution < 1.29 is 9.13 Å². The number of rotatable bonds is 2. The Morgan fingerprint density at radius 3 is 2.67 bits per heavy atom. The van der Waals surface area contributed by atoms with E-state index in [9.17, 15) is 4.39 Å². The molecule has 1 heterocycles. The molecule has 15 heavy (non-hydrogen) atoms. The van der Waals surface area contributed by atoms with Gasteiger partial charge in [-0.1, -0.05) is 17.7 Å². The van der Waals surface area contributed by atoms with Gasteiger partial charge in [0, 0.05) is 18.3 Å². The van der Waals surface area contributed by atoms with Gasteiger partial charge in [0.15, 0.2) is 0 Å². The molecule has 0 saturated heterocycles. The van der Waals surface area contributed by atoms with Gasteiger partial charge in [0.05, 0.1) is 0 Å². The first kappa shape index (κ1) is 9.93. The zero-order valence-electron chi connectivity index (χ0n) is 7.65. The largest absolute Gasteiger partial charge is 0.457 e. The van der Waals surface area contributed by atoms with Crippen molar-refractivity contribution in [2.24, 2.45) is 0 Å². The van der Waals surface area contributed by atoms with Gasteiger partial charge < -0.3 is 4.74 Å². The van der Waals surface area contributed by atoms with Crippen LogP contribution in [0.2, 0.25) is 5.15 Å². The van der Waals surface area contributed by atoms with E-state index in [1.165, 1.54) is 18.3 Å². The van der Waals surface area contributed by atoms with Gasteiger partial charge in [-0.05, 0) is 18.2 Å².